The zero-order chi connectivity index (χ0) is 17.1. The third-order valence-electron chi connectivity index (χ3n) is 3.32. The van der Waals surface area contributed by atoms with Crippen molar-refractivity contribution in [1.29, 1.82) is 0 Å². The Kier molecular flexibility index (Phi) is 4.45. The Hall–Kier alpha value is -2.71. The molecule has 7 nitrogen and oxygen atoms in total. The van der Waals surface area contributed by atoms with Crippen LogP contribution in [0, 0.1) is 0 Å². The summed E-state index contributed by atoms with van der Waals surface area (Å²) in [6.07, 6.45) is 0. The number of thioether (sulfide) groups is 1. The monoisotopic (exact) mass is 370 g/mol. The summed E-state index contributed by atoms with van der Waals surface area (Å²) < 4.78 is 6.97. The number of tetrazole rings is 1. The van der Waals surface area contributed by atoms with Gasteiger partial charge in [0.05, 0.1) is 11.4 Å². The van der Waals surface area contributed by atoms with Gasteiger partial charge >= 0.3 is 0 Å². The zero-order valence-corrected chi connectivity index (χ0v) is 14.4. The maximum absolute atomic E-state index is 5.99. The van der Waals surface area contributed by atoms with Crippen LogP contribution in [0.15, 0.2) is 64.3 Å². The summed E-state index contributed by atoms with van der Waals surface area (Å²) in [5.74, 6) is 1.45. The summed E-state index contributed by atoms with van der Waals surface area (Å²) in [6, 6.07) is 17.0. The Labute approximate surface area is 152 Å². The van der Waals surface area contributed by atoms with Crippen LogP contribution in [0.1, 0.15) is 5.89 Å². The smallest absolute Gasteiger partial charge is 0.237 e. The van der Waals surface area contributed by atoms with Crippen LogP contribution in [0.2, 0.25) is 5.02 Å². The molecule has 0 saturated heterocycles. The lowest BCUT2D eigenvalue weighted by molar-refractivity contribution is 0.391. The largest absolute Gasteiger partial charge is 0.338 e. The van der Waals surface area contributed by atoms with E-state index in [2.05, 4.69) is 25.7 Å². The Morgan fingerprint density at radius 3 is 2.80 bits per heavy atom. The lowest BCUT2D eigenvalue weighted by atomic mass is 10.2. The number of para-hydroxylation sites is 1. The fourth-order valence-electron chi connectivity index (χ4n) is 2.18. The van der Waals surface area contributed by atoms with Crippen LogP contribution in [0.4, 0.5) is 0 Å². The summed E-state index contributed by atoms with van der Waals surface area (Å²) >= 11 is 7.41. The minimum Gasteiger partial charge on any atom is -0.338 e. The van der Waals surface area contributed by atoms with Gasteiger partial charge in [-0.1, -0.05) is 58.9 Å². The molecule has 0 aliphatic heterocycles. The molecule has 0 aliphatic carbocycles. The molecular weight excluding hydrogens is 360 g/mol. The molecule has 2 aromatic carbocycles. The van der Waals surface area contributed by atoms with Crippen LogP contribution in [-0.4, -0.2) is 30.3 Å². The number of benzene rings is 2. The van der Waals surface area contributed by atoms with Crippen molar-refractivity contribution < 1.29 is 4.52 Å². The van der Waals surface area contributed by atoms with E-state index in [1.165, 1.54) is 11.8 Å². The van der Waals surface area contributed by atoms with E-state index in [-0.39, 0.29) is 0 Å². The molecule has 4 rings (SSSR count). The van der Waals surface area contributed by atoms with Crippen molar-refractivity contribution in [3.05, 3.63) is 65.5 Å². The fourth-order valence-corrected chi connectivity index (χ4v) is 3.10. The average Bonchev–Trinajstić information content (AvgIpc) is 3.30. The van der Waals surface area contributed by atoms with Crippen molar-refractivity contribution in [2.75, 3.05) is 0 Å². The molecule has 124 valence electrons. The molecule has 0 fully saturated rings. The second-order valence-corrected chi connectivity index (χ2v) is 6.40. The van der Waals surface area contributed by atoms with Crippen LogP contribution >= 0.6 is 23.4 Å². The van der Waals surface area contributed by atoms with Gasteiger partial charge in [-0.25, -0.2) is 0 Å². The van der Waals surface area contributed by atoms with Crippen molar-refractivity contribution in [2.24, 2.45) is 0 Å². The number of halogens is 1. The van der Waals surface area contributed by atoms with E-state index in [0.29, 0.717) is 27.6 Å². The van der Waals surface area contributed by atoms with Gasteiger partial charge in [-0.05, 0) is 34.7 Å². The lowest BCUT2D eigenvalue weighted by Gasteiger charge is -2.02. The van der Waals surface area contributed by atoms with E-state index in [1.807, 2.05) is 42.5 Å². The van der Waals surface area contributed by atoms with E-state index in [4.69, 9.17) is 16.1 Å². The molecule has 0 atom stereocenters. The highest BCUT2D eigenvalue weighted by atomic mass is 35.5. The summed E-state index contributed by atoms with van der Waals surface area (Å²) in [5, 5.41) is 17.1. The first-order valence-corrected chi connectivity index (χ1v) is 8.71. The number of nitrogens with zero attached hydrogens (tertiary/aromatic N) is 6. The molecule has 0 N–H and O–H groups in total. The van der Waals surface area contributed by atoms with E-state index in [9.17, 15) is 0 Å². The van der Waals surface area contributed by atoms with Gasteiger partial charge in [-0.15, -0.1) is 5.10 Å². The Bertz CT molecular complexity index is 987. The Morgan fingerprint density at radius 1 is 1.08 bits per heavy atom. The molecule has 0 saturated carbocycles. The fraction of sp³-hybridized carbons (Fsp3) is 0.0625. The highest BCUT2D eigenvalue weighted by molar-refractivity contribution is 7.98. The number of aromatic nitrogens is 6. The predicted octanol–water partition coefficient (Wildman–Crippen LogP) is 3.66. The van der Waals surface area contributed by atoms with Crippen LogP contribution in [0.5, 0.6) is 0 Å². The van der Waals surface area contributed by atoms with E-state index in [0.717, 1.165) is 11.3 Å². The molecule has 0 spiro atoms. The Morgan fingerprint density at radius 2 is 1.96 bits per heavy atom. The average molecular weight is 371 g/mol. The van der Waals surface area contributed by atoms with Crippen molar-refractivity contribution in [3.8, 4) is 17.1 Å². The first-order valence-electron chi connectivity index (χ1n) is 7.35. The summed E-state index contributed by atoms with van der Waals surface area (Å²) in [6.45, 7) is 0. The maximum atomic E-state index is 5.99. The maximum Gasteiger partial charge on any atom is 0.237 e. The van der Waals surface area contributed by atoms with Gasteiger partial charge < -0.3 is 4.52 Å². The number of hydrogen-bond donors (Lipinski definition) is 0. The Balaban J connectivity index is 1.49. The first-order chi connectivity index (χ1) is 12.3. The zero-order valence-electron chi connectivity index (χ0n) is 12.8. The van der Waals surface area contributed by atoms with Gasteiger partial charge in [0, 0.05) is 10.6 Å². The topological polar surface area (TPSA) is 82.5 Å². The van der Waals surface area contributed by atoms with Gasteiger partial charge in [0.15, 0.2) is 0 Å². The van der Waals surface area contributed by atoms with E-state index in [1.54, 1.807) is 16.8 Å². The van der Waals surface area contributed by atoms with Gasteiger partial charge in [0.1, 0.15) is 0 Å². The second-order valence-electron chi connectivity index (χ2n) is 5.02. The molecule has 4 aromatic rings. The molecule has 0 amide bonds. The molecule has 0 aliphatic rings. The molecule has 0 unspecified atom stereocenters. The van der Waals surface area contributed by atoms with Crippen LogP contribution < -0.4 is 0 Å². The summed E-state index contributed by atoms with van der Waals surface area (Å²) in [5.41, 5.74) is 1.70. The molecule has 0 bridgehead atoms. The normalized spacial score (nSPS) is 10.9. The first kappa shape index (κ1) is 15.8. The second kappa shape index (κ2) is 7.04. The number of rotatable bonds is 5. The van der Waals surface area contributed by atoms with Crippen molar-refractivity contribution in [2.45, 2.75) is 10.9 Å². The third-order valence-corrected chi connectivity index (χ3v) is 4.46. The van der Waals surface area contributed by atoms with Crippen molar-refractivity contribution in [1.82, 2.24) is 30.3 Å². The summed E-state index contributed by atoms with van der Waals surface area (Å²) in [4.78, 5) is 4.39. The third kappa shape index (κ3) is 3.54. The van der Waals surface area contributed by atoms with Gasteiger partial charge in [-0.2, -0.15) is 9.67 Å². The molecule has 0 radical (unpaired) electrons. The molecule has 9 heteroatoms. The standard InChI is InChI=1S/C16H11ClN6OS/c17-12-6-4-5-11(9-12)15-18-14(24-20-15)10-25-16-19-21-22-23(16)13-7-2-1-3-8-13/h1-9H,10H2. The van der Waals surface area contributed by atoms with E-state index < -0.39 is 0 Å². The predicted molar refractivity (Wildman–Crippen MR) is 93.5 cm³/mol. The molecule has 2 aromatic heterocycles. The number of hydrogen-bond acceptors (Lipinski definition) is 7. The minimum absolute atomic E-state index is 0.459. The van der Waals surface area contributed by atoms with Crippen LogP contribution in [0.3, 0.4) is 0 Å². The van der Waals surface area contributed by atoms with Crippen LogP contribution in [0.25, 0.3) is 17.1 Å². The highest BCUT2D eigenvalue weighted by Gasteiger charge is 2.13. The highest BCUT2D eigenvalue weighted by Crippen LogP contribution is 2.24. The minimum atomic E-state index is 0.459. The molecule has 25 heavy (non-hydrogen) atoms. The van der Waals surface area contributed by atoms with Crippen LogP contribution in [-0.2, 0) is 5.75 Å². The molecular formula is C16H11ClN6OS. The van der Waals surface area contributed by atoms with Gasteiger partial charge in [0.25, 0.3) is 0 Å². The quantitative estimate of drug-likeness (QED) is 0.496. The SMILES string of the molecule is Clc1cccc(-c2noc(CSc3nnnn3-c3ccccc3)n2)c1. The van der Waals surface area contributed by atoms with Gasteiger partial charge in [-0.3, -0.25) is 0 Å². The lowest BCUT2D eigenvalue weighted by Crippen LogP contribution is -1.98. The van der Waals surface area contributed by atoms with Gasteiger partial charge in [0.2, 0.25) is 16.9 Å². The molecule has 2 heterocycles. The van der Waals surface area contributed by atoms with Crippen molar-refractivity contribution >= 4 is 23.4 Å². The van der Waals surface area contributed by atoms with E-state index >= 15 is 0 Å². The van der Waals surface area contributed by atoms with Crippen molar-refractivity contribution in [3.63, 3.8) is 0 Å². The summed E-state index contributed by atoms with van der Waals surface area (Å²) in [7, 11) is 0.